The number of amides is 1. The first-order chi connectivity index (χ1) is 13.3. The molecule has 2 heterocycles. The van der Waals surface area contributed by atoms with Gasteiger partial charge in [-0.1, -0.05) is 42.5 Å². The third-order valence-corrected chi connectivity index (χ3v) is 5.56. The van der Waals surface area contributed by atoms with Crippen molar-refractivity contribution in [3.63, 3.8) is 0 Å². The van der Waals surface area contributed by atoms with Gasteiger partial charge >= 0.3 is 0 Å². The Morgan fingerprint density at radius 1 is 0.963 bits per heavy atom. The van der Waals surface area contributed by atoms with Crippen molar-refractivity contribution in [2.45, 2.75) is 32.2 Å². The van der Waals surface area contributed by atoms with Crippen LogP contribution < -0.4 is 9.80 Å². The summed E-state index contributed by atoms with van der Waals surface area (Å²) in [4.78, 5) is 17.5. The Labute approximate surface area is 161 Å². The summed E-state index contributed by atoms with van der Waals surface area (Å²) in [5.41, 5.74) is 3.51. The number of carbonyl (C=O) groups excluding carboxylic acids is 1. The lowest BCUT2D eigenvalue weighted by molar-refractivity contribution is -0.120. The molecule has 27 heavy (non-hydrogen) atoms. The Morgan fingerprint density at radius 3 is 2.52 bits per heavy atom. The number of hydrogen-bond donors (Lipinski definition) is 0. The summed E-state index contributed by atoms with van der Waals surface area (Å²) in [6, 6.07) is 18.9. The lowest BCUT2D eigenvalue weighted by atomic mass is 9.97. The van der Waals surface area contributed by atoms with Crippen molar-refractivity contribution in [1.82, 2.24) is 0 Å². The van der Waals surface area contributed by atoms with Crippen molar-refractivity contribution >= 4 is 17.3 Å². The molecule has 0 aliphatic carbocycles. The number of rotatable bonds is 4. The van der Waals surface area contributed by atoms with Crippen molar-refractivity contribution < 1.29 is 9.53 Å². The third-order valence-electron chi connectivity index (χ3n) is 5.56. The lowest BCUT2D eigenvalue weighted by Gasteiger charge is -2.28. The Bertz CT molecular complexity index is 756. The van der Waals surface area contributed by atoms with Gasteiger partial charge in [0.2, 0.25) is 5.91 Å². The van der Waals surface area contributed by atoms with Gasteiger partial charge in [-0.25, -0.2) is 0 Å². The highest BCUT2D eigenvalue weighted by atomic mass is 16.5. The van der Waals surface area contributed by atoms with Gasteiger partial charge in [-0.2, -0.15) is 0 Å². The molecule has 2 aromatic carbocycles. The Morgan fingerprint density at radius 2 is 1.74 bits per heavy atom. The van der Waals surface area contributed by atoms with Gasteiger partial charge in [-0.15, -0.1) is 0 Å². The van der Waals surface area contributed by atoms with Gasteiger partial charge in [0.15, 0.2) is 0 Å². The molecule has 0 aromatic heterocycles. The Hall–Kier alpha value is -2.33. The number of carbonyl (C=O) groups is 1. The fourth-order valence-corrected chi connectivity index (χ4v) is 4.17. The van der Waals surface area contributed by atoms with Crippen molar-refractivity contribution in [2.75, 3.05) is 36.1 Å². The number of hydrogen-bond acceptors (Lipinski definition) is 3. The van der Waals surface area contributed by atoms with Gasteiger partial charge in [0.25, 0.3) is 0 Å². The van der Waals surface area contributed by atoms with Gasteiger partial charge in [0, 0.05) is 39.3 Å². The first kappa shape index (κ1) is 18.1. The standard InChI is InChI=1S/C23H28N2O2/c26-23(16-20-10-6-15-27-18-20)25-14-7-13-24(17-19-8-2-1-3-9-19)21-11-4-5-12-22(21)25/h1-5,8-9,11-12,20H,6-7,10,13-18H2. The normalized spacial score (nSPS) is 20.1. The maximum Gasteiger partial charge on any atom is 0.227 e. The minimum Gasteiger partial charge on any atom is -0.381 e. The van der Waals surface area contributed by atoms with E-state index in [9.17, 15) is 4.79 Å². The van der Waals surface area contributed by atoms with Gasteiger partial charge in [0.1, 0.15) is 0 Å². The first-order valence-electron chi connectivity index (χ1n) is 10.1. The highest BCUT2D eigenvalue weighted by Gasteiger charge is 2.27. The van der Waals surface area contributed by atoms with Crippen LogP contribution in [0.25, 0.3) is 0 Å². The molecule has 142 valence electrons. The zero-order valence-electron chi connectivity index (χ0n) is 15.8. The molecule has 2 aliphatic heterocycles. The SMILES string of the molecule is O=C(CC1CCCOC1)N1CCCN(Cc2ccccc2)c2ccccc21. The van der Waals surface area contributed by atoms with Crippen molar-refractivity contribution in [1.29, 1.82) is 0 Å². The van der Waals surface area contributed by atoms with Crippen LogP contribution in [0.3, 0.4) is 0 Å². The third kappa shape index (κ3) is 4.33. The molecule has 4 rings (SSSR count). The van der Waals surface area contributed by atoms with Crippen molar-refractivity contribution in [2.24, 2.45) is 5.92 Å². The van der Waals surface area contributed by atoms with E-state index in [0.717, 1.165) is 63.5 Å². The van der Waals surface area contributed by atoms with E-state index in [-0.39, 0.29) is 5.91 Å². The molecule has 1 saturated heterocycles. The van der Waals surface area contributed by atoms with Crippen LogP contribution in [0.1, 0.15) is 31.2 Å². The highest BCUT2D eigenvalue weighted by molar-refractivity contribution is 5.97. The van der Waals surface area contributed by atoms with Crippen LogP contribution in [-0.2, 0) is 16.1 Å². The molecule has 2 aromatic rings. The summed E-state index contributed by atoms with van der Waals surface area (Å²) in [5, 5.41) is 0. The van der Waals surface area contributed by atoms with Crippen LogP contribution in [0.2, 0.25) is 0 Å². The fourth-order valence-electron chi connectivity index (χ4n) is 4.17. The Balaban J connectivity index is 1.54. The fraction of sp³-hybridized carbons (Fsp3) is 0.435. The molecule has 0 spiro atoms. The smallest absolute Gasteiger partial charge is 0.227 e. The number of nitrogens with zero attached hydrogens (tertiary/aromatic N) is 2. The van der Waals surface area contributed by atoms with Gasteiger partial charge in [-0.05, 0) is 42.9 Å². The summed E-state index contributed by atoms with van der Waals surface area (Å²) in [6.07, 6.45) is 3.74. The highest BCUT2D eigenvalue weighted by Crippen LogP contribution is 2.34. The molecular formula is C23H28N2O2. The summed E-state index contributed by atoms with van der Waals surface area (Å²) in [6.45, 7) is 4.18. The number of para-hydroxylation sites is 2. The van der Waals surface area contributed by atoms with Crippen LogP contribution >= 0.6 is 0 Å². The average Bonchev–Trinajstić information content (AvgIpc) is 2.89. The molecule has 1 amide bonds. The van der Waals surface area contributed by atoms with E-state index < -0.39 is 0 Å². The Kier molecular flexibility index (Phi) is 5.73. The first-order valence-corrected chi connectivity index (χ1v) is 10.1. The summed E-state index contributed by atoms with van der Waals surface area (Å²) >= 11 is 0. The number of anilines is 2. The zero-order chi connectivity index (χ0) is 18.5. The molecule has 1 atom stereocenters. The van der Waals surface area contributed by atoms with E-state index in [1.165, 1.54) is 5.56 Å². The van der Waals surface area contributed by atoms with E-state index in [1.54, 1.807) is 0 Å². The summed E-state index contributed by atoms with van der Waals surface area (Å²) < 4.78 is 5.57. The number of benzene rings is 2. The average molecular weight is 364 g/mol. The van der Waals surface area contributed by atoms with Crippen LogP contribution in [0, 0.1) is 5.92 Å². The van der Waals surface area contributed by atoms with Gasteiger partial charge in [-0.3, -0.25) is 4.79 Å². The van der Waals surface area contributed by atoms with E-state index >= 15 is 0 Å². The molecule has 1 fully saturated rings. The van der Waals surface area contributed by atoms with Crippen LogP contribution in [0.15, 0.2) is 54.6 Å². The van der Waals surface area contributed by atoms with E-state index in [1.807, 2.05) is 11.0 Å². The predicted molar refractivity (Wildman–Crippen MR) is 109 cm³/mol. The monoisotopic (exact) mass is 364 g/mol. The predicted octanol–water partition coefficient (Wildman–Crippen LogP) is 4.25. The minimum atomic E-state index is 0.236. The lowest BCUT2D eigenvalue weighted by Crippen LogP contribution is -2.34. The summed E-state index contributed by atoms with van der Waals surface area (Å²) in [7, 11) is 0. The molecule has 4 nitrogen and oxygen atoms in total. The zero-order valence-corrected chi connectivity index (χ0v) is 15.8. The topological polar surface area (TPSA) is 32.8 Å². The second-order valence-electron chi connectivity index (χ2n) is 7.58. The van der Waals surface area contributed by atoms with Crippen LogP contribution in [-0.4, -0.2) is 32.2 Å². The second-order valence-corrected chi connectivity index (χ2v) is 7.58. The van der Waals surface area contributed by atoms with Gasteiger partial charge < -0.3 is 14.5 Å². The molecule has 0 bridgehead atoms. The van der Waals surface area contributed by atoms with Crippen molar-refractivity contribution in [3.05, 3.63) is 60.2 Å². The molecule has 0 radical (unpaired) electrons. The van der Waals surface area contributed by atoms with E-state index in [4.69, 9.17) is 4.74 Å². The molecule has 2 aliphatic rings. The maximum atomic E-state index is 13.1. The minimum absolute atomic E-state index is 0.236. The molecule has 0 N–H and O–H groups in total. The molecule has 0 saturated carbocycles. The summed E-state index contributed by atoms with van der Waals surface area (Å²) in [5.74, 6) is 0.599. The van der Waals surface area contributed by atoms with E-state index in [2.05, 4.69) is 53.4 Å². The van der Waals surface area contributed by atoms with E-state index in [0.29, 0.717) is 12.3 Å². The van der Waals surface area contributed by atoms with Crippen molar-refractivity contribution in [3.8, 4) is 0 Å². The number of ether oxygens (including phenoxy) is 1. The second kappa shape index (κ2) is 8.57. The van der Waals surface area contributed by atoms with Crippen LogP contribution in [0.5, 0.6) is 0 Å². The number of fused-ring (bicyclic) bond motifs is 1. The van der Waals surface area contributed by atoms with Crippen LogP contribution in [0.4, 0.5) is 11.4 Å². The molecule has 1 unspecified atom stereocenters. The van der Waals surface area contributed by atoms with Gasteiger partial charge in [0.05, 0.1) is 11.4 Å². The maximum absolute atomic E-state index is 13.1. The molecular weight excluding hydrogens is 336 g/mol. The molecule has 4 heteroatoms. The largest absolute Gasteiger partial charge is 0.381 e. The quantitative estimate of drug-likeness (QED) is 0.813.